The maximum atomic E-state index is 12.2. The molecule has 0 aromatic heterocycles. The molecule has 0 spiro atoms. The van der Waals surface area contributed by atoms with Crippen molar-refractivity contribution in [2.24, 2.45) is 11.8 Å². The molecule has 2 aliphatic carbocycles. The molecule has 10 nitrogen and oxygen atoms in total. The summed E-state index contributed by atoms with van der Waals surface area (Å²) < 4.78 is 31.8. The molecule has 2 aliphatic rings. The number of hydrogen-bond acceptors (Lipinski definition) is 8. The Balaban J connectivity index is 1.72. The lowest BCUT2D eigenvalue weighted by Crippen LogP contribution is -2.36. The Hall–Kier alpha value is -1.48. The molecule has 0 radical (unpaired) electrons. The average Bonchev–Trinajstić information content (AvgIpc) is 3.14. The first kappa shape index (κ1) is 23.8. The number of amides is 1. The fourth-order valence-corrected chi connectivity index (χ4v) is 3.86. The van der Waals surface area contributed by atoms with Gasteiger partial charge >= 0.3 is 19.8 Å². The summed E-state index contributed by atoms with van der Waals surface area (Å²) in [6.45, 7) is 0.327. The van der Waals surface area contributed by atoms with E-state index in [9.17, 15) is 23.8 Å². The van der Waals surface area contributed by atoms with Crippen molar-refractivity contribution in [1.82, 2.24) is 5.32 Å². The molecule has 2 N–H and O–H groups in total. The Morgan fingerprint density at radius 2 is 1.69 bits per heavy atom. The summed E-state index contributed by atoms with van der Waals surface area (Å²) in [7, 11) is -4.42. The summed E-state index contributed by atoms with van der Waals surface area (Å²) in [6.07, 6.45) is 5.09. The van der Waals surface area contributed by atoms with Crippen molar-refractivity contribution in [3.63, 3.8) is 0 Å². The summed E-state index contributed by atoms with van der Waals surface area (Å²) in [5.41, 5.74) is 0. The van der Waals surface area contributed by atoms with Crippen molar-refractivity contribution in [1.29, 1.82) is 0 Å². The van der Waals surface area contributed by atoms with Gasteiger partial charge in [-0.1, -0.05) is 19.3 Å². The predicted molar refractivity (Wildman–Crippen MR) is 101 cm³/mol. The van der Waals surface area contributed by atoms with Gasteiger partial charge in [-0.3, -0.25) is 23.4 Å². The second kappa shape index (κ2) is 11.6. The van der Waals surface area contributed by atoms with Gasteiger partial charge in [0.1, 0.15) is 6.61 Å². The van der Waals surface area contributed by atoms with E-state index in [1.807, 2.05) is 0 Å². The smallest absolute Gasteiger partial charge is 0.462 e. The zero-order valence-electron chi connectivity index (χ0n) is 16.7. The first-order valence-electron chi connectivity index (χ1n) is 10.0. The van der Waals surface area contributed by atoms with Gasteiger partial charge in [0.25, 0.3) is 0 Å². The number of hydrogen-bond donors (Lipinski definition) is 2. The fraction of sp³-hybridized carbons (Fsp3) is 0.833. The average molecular weight is 435 g/mol. The number of phosphoric ester groups is 1. The highest BCUT2D eigenvalue weighted by atomic mass is 31.2. The molecule has 0 bridgehead atoms. The molecular formula is C18H30NO9P. The normalized spacial score (nSPS) is 20.3. The minimum Gasteiger partial charge on any atom is -0.462 e. The maximum absolute atomic E-state index is 12.2. The summed E-state index contributed by atoms with van der Waals surface area (Å²) >= 11 is 0. The van der Waals surface area contributed by atoms with Crippen LogP contribution in [0.25, 0.3) is 0 Å². The monoisotopic (exact) mass is 435 g/mol. The van der Waals surface area contributed by atoms with Gasteiger partial charge in [-0.15, -0.1) is 0 Å². The standard InChI is InChI=1S/C18H30NO9P/c1-13(20)25-11-16(28-18(22)15-5-2-3-6-15)12-27-29(23,24)26-10-9-19-17(21)14-7-4-8-14/h14-16H,2-12H2,1H3,(H,19,21)(H,23,24). The minimum atomic E-state index is -4.42. The Labute approximate surface area is 170 Å². The number of phosphoric acid groups is 1. The molecule has 29 heavy (non-hydrogen) atoms. The van der Waals surface area contributed by atoms with Crippen LogP contribution in [0.1, 0.15) is 51.9 Å². The topological polar surface area (TPSA) is 137 Å². The van der Waals surface area contributed by atoms with E-state index in [4.69, 9.17) is 18.5 Å². The number of ether oxygens (including phenoxy) is 2. The van der Waals surface area contributed by atoms with Crippen LogP contribution in [0.15, 0.2) is 0 Å². The number of nitrogens with one attached hydrogen (secondary N) is 1. The van der Waals surface area contributed by atoms with Crippen molar-refractivity contribution in [2.45, 2.75) is 58.0 Å². The van der Waals surface area contributed by atoms with E-state index < -0.39 is 32.5 Å². The van der Waals surface area contributed by atoms with Crippen molar-refractivity contribution >= 4 is 25.7 Å². The van der Waals surface area contributed by atoms with E-state index in [1.165, 1.54) is 6.92 Å². The van der Waals surface area contributed by atoms with E-state index in [0.717, 1.165) is 44.9 Å². The first-order valence-corrected chi connectivity index (χ1v) is 11.5. The predicted octanol–water partition coefficient (Wildman–Crippen LogP) is 1.70. The first-order chi connectivity index (χ1) is 13.8. The second-order valence-electron chi connectivity index (χ2n) is 7.36. The molecule has 166 valence electrons. The molecule has 2 saturated carbocycles. The summed E-state index contributed by atoms with van der Waals surface area (Å²) in [5, 5.41) is 2.63. The fourth-order valence-electron chi connectivity index (χ4n) is 3.11. The molecule has 2 rings (SSSR count). The molecule has 0 saturated heterocycles. The van der Waals surface area contributed by atoms with Crippen LogP contribution in [-0.2, 0) is 37.5 Å². The number of carbonyl (C=O) groups is 3. The molecule has 2 atom stereocenters. The van der Waals surface area contributed by atoms with Gasteiger partial charge in [-0.2, -0.15) is 0 Å². The zero-order valence-corrected chi connectivity index (χ0v) is 17.6. The van der Waals surface area contributed by atoms with Crippen molar-refractivity contribution in [3.05, 3.63) is 0 Å². The Morgan fingerprint density at radius 1 is 1.03 bits per heavy atom. The molecular weight excluding hydrogens is 405 g/mol. The molecule has 0 aromatic rings. The highest BCUT2D eigenvalue weighted by Crippen LogP contribution is 2.43. The van der Waals surface area contributed by atoms with Crippen LogP contribution < -0.4 is 5.32 Å². The Bertz CT molecular complexity index is 616. The molecule has 1 amide bonds. The van der Waals surface area contributed by atoms with E-state index >= 15 is 0 Å². The summed E-state index contributed by atoms with van der Waals surface area (Å²) in [6, 6.07) is 0. The maximum Gasteiger partial charge on any atom is 0.472 e. The van der Waals surface area contributed by atoms with E-state index in [0.29, 0.717) is 0 Å². The van der Waals surface area contributed by atoms with Crippen LogP contribution in [0.2, 0.25) is 0 Å². The lowest BCUT2D eigenvalue weighted by Gasteiger charge is -2.24. The van der Waals surface area contributed by atoms with Gasteiger partial charge in [0, 0.05) is 19.4 Å². The van der Waals surface area contributed by atoms with Crippen LogP contribution in [0.3, 0.4) is 0 Å². The van der Waals surface area contributed by atoms with Crippen LogP contribution >= 0.6 is 7.82 Å². The summed E-state index contributed by atoms with van der Waals surface area (Å²) in [4.78, 5) is 44.6. The molecule has 2 unspecified atom stereocenters. The van der Waals surface area contributed by atoms with Crippen LogP contribution in [0.5, 0.6) is 0 Å². The van der Waals surface area contributed by atoms with Gasteiger partial charge in [-0.05, 0) is 25.7 Å². The van der Waals surface area contributed by atoms with Crippen LogP contribution in [0.4, 0.5) is 0 Å². The van der Waals surface area contributed by atoms with Crippen molar-refractivity contribution in [3.8, 4) is 0 Å². The third-order valence-electron chi connectivity index (χ3n) is 5.00. The van der Waals surface area contributed by atoms with Crippen molar-refractivity contribution in [2.75, 3.05) is 26.4 Å². The second-order valence-corrected chi connectivity index (χ2v) is 8.81. The molecule has 2 fully saturated rings. The minimum absolute atomic E-state index is 0.0174. The molecule has 0 heterocycles. The van der Waals surface area contributed by atoms with Gasteiger partial charge in [0.2, 0.25) is 5.91 Å². The van der Waals surface area contributed by atoms with Gasteiger partial charge in [0.05, 0.1) is 19.1 Å². The molecule has 11 heteroatoms. The van der Waals surface area contributed by atoms with Crippen LogP contribution in [0, 0.1) is 11.8 Å². The SMILES string of the molecule is CC(=O)OCC(COP(=O)(O)OCCNC(=O)C1CCC1)OC(=O)C1CCCC1. The largest absolute Gasteiger partial charge is 0.472 e. The van der Waals surface area contributed by atoms with E-state index in [-0.39, 0.29) is 37.5 Å². The lowest BCUT2D eigenvalue weighted by atomic mass is 9.85. The zero-order chi connectivity index (χ0) is 21.3. The van der Waals surface area contributed by atoms with E-state index in [2.05, 4.69) is 5.32 Å². The van der Waals surface area contributed by atoms with Gasteiger partial charge in [0.15, 0.2) is 6.10 Å². The highest BCUT2D eigenvalue weighted by Gasteiger charge is 2.30. The third-order valence-corrected chi connectivity index (χ3v) is 5.98. The summed E-state index contributed by atoms with van der Waals surface area (Å²) in [5.74, 6) is -1.29. The highest BCUT2D eigenvalue weighted by molar-refractivity contribution is 7.47. The van der Waals surface area contributed by atoms with E-state index in [1.54, 1.807) is 0 Å². The Kier molecular flexibility index (Phi) is 9.55. The number of carbonyl (C=O) groups excluding carboxylic acids is 3. The Morgan fingerprint density at radius 3 is 2.28 bits per heavy atom. The quantitative estimate of drug-likeness (QED) is 0.266. The van der Waals surface area contributed by atoms with Gasteiger partial charge in [-0.25, -0.2) is 4.57 Å². The molecule has 0 aromatic carbocycles. The van der Waals surface area contributed by atoms with Crippen molar-refractivity contribution < 1.29 is 42.4 Å². The molecule has 0 aliphatic heterocycles. The lowest BCUT2D eigenvalue weighted by molar-refractivity contribution is -0.163. The van der Waals surface area contributed by atoms with Crippen LogP contribution in [-0.4, -0.2) is 55.2 Å². The number of rotatable bonds is 12. The van der Waals surface area contributed by atoms with Gasteiger partial charge < -0.3 is 19.7 Å². The third kappa shape index (κ3) is 8.82. The number of esters is 2.